The van der Waals surface area contributed by atoms with Crippen LogP contribution in [-0.2, 0) is 22.4 Å². The Bertz CT molecular complexity index is 407. The van der Waals surface area contributed by atoms with E-state index in [1.54, 1.807) is 0 Å². The van der Waals surface area contributed by atoms with Gasteiger partial charge in [-0.3, -0.25) is 0 Å². The monoisotopic (exact) mass is 340 g/mol. The van der Waals surface area contributed by atoms with Gasteiger partial charge in [-0.05, 0) is 12.3 Å². The molecule has 1 aromatic rings. The molecule has 0 bridgehead atoms. The summed E-state index contributed by atoms with van der Waals surface area (Å²) >= 11 is 0. The maximum Gasteiger partial charge on any atom is 0.0725 e. The fourth-order valence-corrected chi connectivity index (χ4v) is 2.38. The maximum atomic E-state index is 5.62. The standard InChI is InChI=1S/C18H36N4O2/c1-16(2)7-5-6-11-23-13-14-24-12-10-22-18(15-20-21-22)8-9-19-17(3)4/h15-17,19H,5-14H2,1-4H3. The Hall–Kier alpha value is -0.980. The number of nitrogens with zero attached hydrogens (tertiary/aromatic N) is 3. The molecule has 0 aliphatic carbocycles. The Kier molecular flexibility index (Phi) is 11.7. The molecule has 0 aromatic carbocycles. The number of hydrogen-bond donors (Lipinski definition) is 1. The van der Waals surface area contributed by atoms with Gasteiger partial charge in [0.2, 0.25) is 0 Å². The number of hydrogen-bond acceptors (Lipinski definition) is 5. The van der Waals surface area contributed by atoms with Gasteiger partial charge in [-0.2, -0.15) is 0 Å². The molecule has 0 amide bonds. The molecule has 6 nitrogen and oxygen atoms in total. The van der Waals surface area contributed by atoms with Crippen molar-refractivity contribution in [3.63, 3.8) is 0 Å². The number of aromatic nitrogens is 3. The number of unbranched alkanes of at least 4 members (excludes halogenated alkanes) is 1. The van der Waals surface area contributed by atoms with Crippen molar-refractivity contribution in [2.75, 3.05) is 33.0 Å². The smallest absolute Gasteiger partial charge is 0.0725 e. The first-order chi connectivity index (χ1) is 11.6. The molecule has 0 unspecified atom stereocenters. The first-order valence-corrected chi connectivity index (χ1v) is 9.35. The van der Waals surface area contributed by atoms with Crippen molar-refractivity contribution >= 4 is 0 Å². The molecule has 0 spiro atoms. The molecule has 0 aliphatic rings. The van der Waals surface area contributed by atoms with Gasteiger partial charge in [0.15, 0.2) is 0 Å². The van der Waals surface area contributed by atoms with Crippen molar-refractivity contribution < 1.29 is 9.47 Å². The van der Waals surface area contributed by atoms with E-state index in [0.717, 1.165) is 44.1 Å². The predicted molar refractivity (Wildman–Crippen MR) is 97.2 cm³/mol. The van der Waals surface area contributed by atoms with Gasteiger partial charge in [-0.15, -0.1) is 5.10 Å². The van der Waals surface area contributed by atoms with Crippen molar-refractivity contribution in [2.45, 2.75) is 66.0 Å². The Balaban J connectivity index is 1.99. The first-order valence-electron chi connectivity index (χ1n) is 9.35. The molecular weight excluding hydrogens is 304 g/mol. The zero-order valence-corrected chi connectivity index (χ0v) is 16.0. The van der Waals surface area contributed by atoms with Crippen molar-refractivity contribution in [2.24, 2.45) is 5.92 Å². The molecule has 0 saturated carbocycles. The van der Waals surface area contributed by atoms with Crippen LogP contribution in [0.1, 0.15) is 52.7 Å². The second-order valence-electron chi connectivity index (χ2n) is 6.92. The Labute approximate surface area is 147 Å². The fraction of sp³-hybridized carbons (Fsp3) is 0.889. The number of nitrogens with one attached hydrogen (secondary N) is 1. The highest BCUT2D eigenvalue weighted by molar-refractivity contribution is 4.94. The SMILES string of the molecule is CC(C)CCCCOCCOCCn1nncc1CCNC(C)C. The van der Waals surface area contributed by atoms with Crippen LogP contribution in [0.15, 0.2) is 6.20 Å². The van der Waals surface area contributed by atoms with E-state index in [9.17, 15) is 0 Å². The van der Waals surface area contributed by atoms with E-state index in [0.29, 0.717) is 25.9 Å². The van der Waals surface area contributed by atoms with Crippen LogP contribution in [0.25, 0.3) is 0 Å². The molecule has 0 atom stereocenters. The molecule has 1 N–H and O–H groups in total. The number of rotatable bonds is 15. The van der Waals surface area contributed by atoms with Gasteiger partial charge in [0, 0.05) is 25.6 Å². The van der Waals surface area contributed by atoms with Gasteiger partial charge < -0.3 is 14.8 Å². The second kappa shape index (κ2) is 13.3. The van der Waals surface area contributed by atoms with Crippen molar-refractivity contribution in [3.8, 4) is 0 Å². The minimum atomic E-state index is 0.503. The Morgan fingerprint density at radius 2 is 1.79 bits per heavy atom. The third kappa shape index (κ3) is 10.7. The quantitative estimate of drug-likeness (QED) is 0.497. The van der Waals surface area contributed by atoms with Gasteiger partial charge in [-0.25, -0.2) is 4.68 Å². The van der Waals surface area contributed by atoms with Gasteiger partial charge in [0.25, 0.3) is 0 Å². The maximum absolute atomic E-state index is 5.62. The lowest BCUT2D eigenvalue weighted by molar-refractivity contribution is 0.0421. The zero-order valence-electron chi connectivity index (χ0n) is 16.0. The molecule has 6 heteroatoms. The summed E-state index contributed by atoms with van der Waals surface area (Å²) in [6.45, 7) is 13.3. The summed E-state index contributed by atoms with van der Waals surface area (Å²) in [4.78, 5) is 0. The average Bonchev–Trinajstić information content (AvgIpc) is 2.96. The molecule has 1 aromatic heterocycles. The van der Waals surface area contributed by atoms with Crippen molar-refractivity contribution in [3.05, 3.63) is 11.9 Å². The summed E-state index contributed by atoms with van der Waals surface area (Å²) in [6, 6.07) is 0.503. The summed E-state index contributed by atoms with van der Waals surface area (Å²) in [5, 5.41) is 11.5. The molecule has 0 fully saturated rings. The van der Waals surface area contributed by atoms with E-state index >= 15 is 0 Å². The van der Waals surface area contributed by atoms with E-state index in [2.05, 4.69) is 43.3 Å². The lowest BCUT2D eigenvalue weighted by atomic mass is 10.1. The average molecular weight is 341 g/mol. The first kappa shape index (κ1) is 21.1. The van der Waals surface area contributed by atoms with E-state index in [1.807, 2.05) is 10.9 Å². The Morgan fingerprint density at radius 3 is 2.50 bits per heavy atom. The van der Waals surface area contributed by atoms with Gasteiger partial charge in [0.05, 0.1) is 38.3 Å². The fourth-order valence-electron chi connectivity index (χ4n) is 2.38. The highest BCUT2D eigenvalue weighted by Crippen LogP contribution is 2.05. The van der Waals surface area contributed by atoms with Gasteiger partial charge >= 0.3 is 0 Å². The molecule has 140 valence electrons. The van der Waals surface area contributed by atoms with Crippen molar-refractivity contribution in [1.82, 2.24) is 20.3 Å². The summed E-state index contributed by atoms with van der Waals surface area (Å²) in [5.41, 5.74) is 1.15. The normalized spacial score (nSPS) is 11.8. The summed E-state index contributed by atoms with van der Waals surface area (Å²) < 4.78 is 13.1. The Morgan fingerprint density at radius 1 is 1.04 bits per heavy atom. The molecule has 1 heterocycles. The van der Waals surface area contributed by atoms with E-state index in [1.165, 1.54) is 12.8 Å². The predicted octanol–water partition coefficient (Wildman–Crippen LogP) is 2.68. The third-order valence-corrected chi connectivity index (χ3v) is 3.77. The van der Waals surface area contributed by atoms with Gasteiger partial charge in [0.1, 0.15) is 0 Å². The lowest BCUT2D eigenvalue weighted by Gasteiger charge is -2.10. The molecule has 1 rings (SSSR count). The largest absolute Gasteiger partial charge is 0.379 e. The van der Waals surface area contributed by atoms with E-state index in [-0.39, 0.29) is 0 Å². The molecular formula is C18H36N4O2. The molecule has 0 saturated heterocycles. The van der Waals surface area contributed by atoms with Crippen LogP contribution in [0.3, 0.4) is 0 Å². The molecule has 0 aliphatic heterocycles. The van der Waals surface area contributed by atoms with Crippen LogP contribution in [0, 0.1) is 5.92 Å². The van der Waals surface area contributed by atoms with Crippen LogP contribution < -0.4 is 5.32 Å². The van der Waals surface area contributed by atoms with Crippen LogP contribution >= 0.6 is 0 Å². The van der Waals surface area contributed by atoms with Crippen LogP contribution in [-0.4, -0.2) is 54.0 Å². The van der Waals surface area contributed by atoms with Crippen LogP contribution in [0.4, 0.5) is 0 Å². The minimum Gasteiger partial charge on any atom is -0.379 e. The van der Waals surface area contributed by atoms with E-state index < -0.39 is 0 Å². The summed E-state index contributed by atoms with van der Waals surface area (Å²) in [7, 11) is 0. The third-order valence-electron chi connectivity index (χ3n) is 3.77. The van der Waals surface area contributed by atoms with E-state index in [4.69, 9.17) is 9.47 Å². The van der Waals surface area contributed by atoms with Crippen LogP contribution in [0.5, 0.6) is 0 Å². The number of ether oxygens (including phenoxy) is 2. The highest BCUT2D eigenvalue weighted by atomic mass is 16.5. The van der Waals surface area contributed by atoms with Gasteiger partial charge in [-0.1, -0.05) is 45.7 Å². The second-order valence-corrected chi connectivity index (χ2v) is 6.92. The van der Waals surface area contributed by atoms with Crippen molar-refractivity contribution in [1.29, 1.82) is 0 Å². The molecule has 24 heavy (non-hydrogen) atoms. The molecule has 0 radical (unpaired) electrons. The topological polar surface area (TPSA) is 61.2 Å². The zero-order chi connectivity index (χ0) is 17.6. The highest BCUT2D eigenvalue weighted by Gasteiger charge is 2.04. The summed E-state index contributed by atoms with van der Waals surface area (Å²) in [6.07, 6.45) is 6.45. The van der Waals surface area contributed by atoms with Crippen LogP contribution in [0.2, 0.25) is 0 Å². The lowest BCUT2D eigenvalue weighted by Crippen LogP contribution is -2.26. The minimum absolute atomic E-state index is 0.503. The summed E-state index contributed by atoms with van der Waals surface area (Å²) in [5.74, 6) is 0.788.